The molecule has 0 fully saturated rings. The number of nitrogens with two attached hydrogens (primary N) is 1. The summed E-state index contributed by atoms with van der Waals surface area (Å²) in [5.74, 6) is -0.178. The lowest BCUT2D eigenvalue weighted by molar-refractivity contribution is -0.119. The highest BCUT2D eigenvalue weighted by atomic mass is 127. The van der Waals surface area contributed by atoms with Crippen LogP contribution in [-0.4, -0.2) is 12.5 Å². The minimum Gasteiger partial charge on any atom is -0.330 e. The van der Waals surface area contributed by atoms with E-state index in [-0.39, 0.29) is 24.2 Å². The van der Waals surface area contributed by atoms with Crippen molar-refractivity contribution in [2.75, 3.05) is 11.9 Å². The fourth-order valence-corrected chi connectivity index (χ4v) is 1.27. The molecule has 0 aliphatic carbocycles. The van der Waals surface area contributed by atoms with E-state index < -0.39 is 0 Å². The zero-order chi connectivity index (χ0) is 10.6. The van der Waals surface area contributed by atoms with E-state index in [1.807, 2.05) is 31.2 Å². The molecule has 15 heavy (non-hydrogen) atoms. The SMILES string of the molecule is CC(CN)C(=O)Nc1ccc(I)cc1.Cl. The molecule has 0 aliphatic rings. The summed E-state index contributed by atoms with van der Waals surface area (Å²) in [7, 11) is 0. The minimum atomic E-state index is -0.144. The maximum atomic E-state index is 11.4. The minimum absolute atomic E-state index is 0. The van der Waals surface area contributed by atoms with Crippen molar-refractivity contribution in [1.82, 2.24) is 0 Å². The number of anilines is 1. The van der Waals surface area contributed by atoms with E-state index in [0.29, 0.717) is 6.54 Å². The molecule has 0 saturated carbocycles. The van der Waals surface area contributed by atoms with Crippen molar-refractivity contribution in [2.45, 2.75) is 6.92 Å². The van der Waals surface area contributed by atoms with Crippen molar-refractivity contribution in [2.24, 2.45) is 11.7 Å². The average Bonchev–Trinajstić information content (AvgIpc) is 2.20. The van der Waals surface area contributed by atoms with E-state index in [1.54, 1.807) is 0 Å². The van der Waals surface area contributed by atoms with Crippen LogP contribution in [0, 0.1) is 9.49 Å². The second-order valence-corrected chi connectivity index (χ2v) is 4.38. The fourth-order valence-electron chi connectivity index (χ4n) is 0.906. The molecular weight excluding hydrogens is 326 g/mol. The average molecular weight is 341 g/mol. The van der Waals surface area contributed by atoms with Gasteiger partial charge in [-0.2, -0.15) is 0 Å². The Labute approximate surface area is 109 Å². The summed E-state index contributed by atoms with van der Waals surface area (Å²) in [4.78, 5) is 11.4. The van der Waals surface area contributed by atoms with Gasteiger partial charge in [0, 0.05) is 21.7 Å². The quantitative estimate of drug-likeness (QED) is 0.829. The van der Waals surface area contributed by atoms with Crippen molar-refractivity contribution in [1.29, 1.82) is 0 Å². The number of halogens is 2. The lowest BCUT2D eigenvalue weighted by atomic mass is 10.1. The standard InChI is InChI=1S/C10H13IN2O.ClH/c1-7(6-12)10(14)13-9-4-2-8(11)3-5-9;/h2-5,7H,6,12H2,1H3,(H,13,14);1H. The number of amides is 1. The maximum absolute atomic E-state index is 11.4. The van der Waals surface area contributed by atoms with E-state index in [0.717, 1.165) is 9.26 Å². The van der Waals surface area contributed by atoms with Crippen molar-refractivity contribution in [3.8, 4) is 0 Å². The van der Waals surface area contributed by atoms with Gasteiger partial charge in [0.25, 0.3) is 0 Å². The highest BCUT2D eigenvalue weighted by Gasteiger charge is 2.10. The van der Waals surface area contributed by atoms with Gasteiger partial charge < -0.3 is 11.1 Å². The largest absolute Gasteiger partial charge is 0.330 e. The van der Waals surface area contributed by atoms with Gasteiger partial charge in [0.1, 0.15) is 0 Å². The number of hydrogen-bond donors (Lipinski definition) is 2. The van der Waals surface area contributed by atoms with Crippen molar-refractivity contribution < 1.29 is 4.79 Å². The number of carbonyl (C=O) groups is 1. The summed E-state index contributed by atoms with van der Waals surface area (Å²) < 4.78 is 1.15. The summed E-state index contributed by atoms with van der Waals surface area (Å²) >= 11 is 2.22. The van der Waals surface area contributed by atoms with Gasteiger partial charge in [-0.1, -0.05) is 6.92 Å². The van der Waals surface area contributed by atoms with Crippen LogP contribution in [0.5, 0.6) is 0 Å². The van der Waals surface area contributed by atoms with E-state index in [2.05, 4.69) is 27.9 Å². The normalized spacial score (nSPS) is 11.4. The summed E-state index contributed by atoms with van der Waals surface area (Å²) in [6, 6.07) is 7.65. The van der Waals surface area contributed by atoms with Gasteiger partial charge in [-0.05, 0) is 46.9 Å². The molecule has 3 N–H and O–H groups in total. The first-order valence-electron chi connectivity index (χ1n) is 4.40. The Balaban J connectivity index is 0.00000196. The van der Waals surface area contributed by atoms with Gasteiger partial charge >= 0.3 is 0 Å². The Morgan fingerprint density at radius 2 is 2.00 bits per heavy atom. The molecule has 1 unspecified atom stereocenters. The second kappa shape index (κ2) is 7.03. The van der Waals surface area contributed by atoms with Crippen LogP contribution in [0.3, 0.4) is 0 Å². The molecule has 84 valence electrons. The Hall–Kier alpha value is -0.330. The lowest BCUT2D eigenvalue weighted by Crippen LogP contribution is -2.26. The maximum Gasteiger partial charge on any atom is 0.228 e. The van der Waals surface area contributed by atoms with Crippen LogP contribution in [0.1, 0.15) is 6.92 Å². The fraction of sp³-hybridized carbons (Fsp3) is 0.300. The number of benzene rings is 1. The Morgan fingerprint density at radius 3 is 2.47 bits per heavy atom. The lowest BCUT2D eigenvalue weighted by Gasteiger charge is -2.09. The molecule has 1 amide bonds. The first-order chi connectivity index (χ1) is 6.63. The molecule has 0 aliphatic heterocycles. The number of rotatable bonds is 3. The third-order valence-electron chi connectivity index (χ3n) is 1.91. The van der Waals surface area contributed by atoms with Gasteiger partial charge in [-0.15, -0.1) is 12.4 Å². The summed E-state index contributed by atoms with van der Waals surface area (Å²) in [6.45, 7) is 2.18. The summed E-state index contributed by atoms with van der Waals surface area (Å²) in [5.41, 5.74) is 6.20. The molecule has 5 heteroatoms. The Morgan fingerprint density at radius 1 is 1.47 bits per heavy atom. The Bertz CT molecular complexity index is 316. The van der Waals surface area contributed by atoms with Crippen LogP contribution in [0.2, 0.25) is 0 Å². The predicted molar refractivity (Wildman–Crippen MR) is 73.3 cm³/mol. The van der Waals surface area contributed by atoms with Gasteiger partial charge in [-0.25, -0.2) is 0 Å². The summed E-state index contributed by atoms with van der Waals surface area (Å²) in [6.07, 6.45) is 0. The van der Waals surface area contributed by atoms with E-state index in [1.165, 1.54) is 0 Å². The van der Waals surface area contributed by atoms with E-state index >= 15 is 0 Å². The third kappa shape index (κ3) is 4.81. The van der Waals surface area contributed by atoms with Crippen molar-refractivity contribution in [3.63, 3.8) is 0 Å². The third-order valence-corrected chi connectivity index (χ3v) is 2.63. The zero-order valence-electron chi connectivity index (χ0n) is 8.37. The molecule has 0 saturated heterocycles. The summed E-state index contributed by atoms with van der Waals surface area (Å²) in [5, 5.41) is 2.80. The van der Waals surface area contributed by atoms with Crippen LogP contribution in [0.15, 0.2) is 24.3 Å². The predicted octanol–water partition coefficient (Wildman–Crippen LogP) is 2.25. The van der Waals surface area contributed by atoms with Crippen molar-refractivity contribution in [3.05, 3.63) is 27.8 Å². The monoisotopic (exact) mass is 340 g/mol. The topological polar surface area (TPSA) is 55.1 Å². The number of carbonyl (C=O) groups excluding carboxylic acids is 1. The highest BCUT2D eigenvalue weighted by molar-refractivity contribution is 14.1. The van der Waals surface area contributed by atoms with E-state index in [9.17, 15) is 4.79 Å². The number of nitrogens with one attached hydrogen (secondary N) is 1. The van der Waals surface area contributed by atoms with Crippen LogP contribution >= 0.6 is 35.0 Å². The van der Waals surface area contributed by atoms with Gasteiger partial charge in [0.05, 0.1) is 0 Å². The highest BCUT2D eigenvalue weighted by Crippen LogP contribution is 2.11. The molecule has 1 aromatic carbocycles. The molecule has 0 aromatic heterocycles. The van der Waals surface area contributed by atoms with Crippen LogP contribution in [0.25, 0.3) is 0 Å². The second-order valence-electron chi connectivity index (χ2n) is 3.13. The smallest absolute Gasteiger partial charge is 0.228 e. The van der Waals surface area contributed by atoms with Crippen LogP contribution < -0.4 is 11.1 Å². The molecular formula is C10H14ClIN2O. The van der Waals surface area contributed by atoms with Gasteiger partial charge in [-0.3, -0.25) is 4.79 Å². The molecule has 1 atom stereocenters. The molecule has 1 aromatic rings. The van der Waals surface area contributed by atoms with Crippen molar-refractivity contribution >= 4 is 46.6 Å². The first kappa shape index (κ1) is 14.7. The molecule has 1 rings (SSSR count). The van der Waals surface area contributed by atoms with E-state index in [4.69, 9.17) is 5.73 Å². The van der Waals surface area contributed by atoms with Crippen LogP contribution in [-0.2, 0) is 4.79 Å². The molecule has 0 heterocycles. The molecule has 0 radical (unpaired) electrons. The van der Waals surface area contributed by atoms with Crippen LogP contribution in [0.4, 0.5) is 5.69 Å². The van der Waals surface area contributed by atoms with Gasteiger partial charge in [0.2, 0.25) is 5.91 Å². The molecule has 3 nitrogen and oxygen atoms in total. The molecule has 0 spiro atoms. The first-order valence-corrected chi connectivity index (χ1v) is 5.48. The Kier molecular flexibility index (Phi) is 6.87. The number of hydrogen-bond acceptors (Lipinski definition) is 2. The molecule has 0 bridgehead atoms. The van der Waals surface area contributed by atoms with Gasteiger partial charge in [0.15, 0.2) is 0 Å². The zero-order valence-corrected chi connectivity index (χ0v) is 11.3.